The Bertz CT molecular complexity index is 643. The van der Waals surface area contributed by atoms with Crippen molar-refractivity contribution in [3.63, 3.8) is 0 Å². The molecule has 2 aromatic carbocycles. The van der Waals surface area contributed by atoms with Crippen LogP contribution >= 0.6 is 0 Å². The van der Waals surface area contributed by atoms with Crippen LogP contribution in [0.1, 0.15) is 0 Å². The van der Waals surface area contributed by atoms with Crippen molar-refractivity contribution in [1.29, 1.82) is 0 Å². The van der Waals surface area contributed by atoms with Crippen LogP contribution in [0.3, 0.4) is 0 Å². The summed E-state index contributed by atoms with van der Waals surface area (Å²) in [4.78, 5) is 23.5. The van der Waals surface area contributed by atoms with Gasteiger partial charge in [-0.3, -0.25) is 15.0 Å². The van der Waals surface area contributed by atoms with E-state index in [4.69, 9.17) is 9.84 Å². The molecule has 0 aromatic heterocycles. The smallest absolute Gasteiger partial charge is 0.410 e. The molecular formula is C15H14N2O5. The molecule has 0 aliphatic rings. The zero-order valence-corrected chi connectivity index (χ0v) is 11.6. The number of aliphatic hydroxyl groups is 1. The monoisotopic (exact) mass is 302 g/mol. The van der Waals surface area contributed by atoms with E-state index < -0.39 is 11.0 Å². The van der Waals surface area contributed by atoms with E-state index in [0.717, 1.165) is 0 Å². The van der Waals surface area contributed by atoms with Crippen LogP contribution in [-0.2, 0) is 0 Å². The second-order valence-electron chi connectivity index (χ2n) is 4.33. The lowest BCUT2D eigenvalue weighted by molar-refractivity contribution is -0.384. The number of nitro groups is 1. The number of rotatable bonds is 5. The van der Waals surface area contributed by atoms with Gasteiger partial charge in [0.25, 0.3) is 5.69 Å². The lowest BCUT2D eigenvalue weighted by Crippen LogP contribution is -2.35. The Kier molecular flexibility index (Phi) is 5.05. The number of benzene rings is 2. The molecular weight excluding hydrogens is 288 g/mol. The summed E-state index contributed by atoms with van der Waals surface area (Å²) in [6.07, 6.45) is -0.672. The quantitative estimate of drug-likeness (QED) is 0.677. The number of non-ortho nitro benzene ring substituents is 1. The van der Waals surface area contributed by atoms with Gasteiger partial charge in [0, 0.05) is 17.8 Å². The summed E-state index contributed by atoms with van der Waals surface area (Å²) in [7, 11) is 0. The first kappa shape index (κ1) is 15.5. The molecule has 114 valence electrons. The van der Waals surface area contributed by atoms with Crippen molar-refractivity contribution in [1.82, 2.24) is 0 Å². The Morgan fingerprint density at radius 3 is 2.32 bits per heavy atom. The molecule has 0 fully saturated rings. The number of carbonyl (C=O) groups is 1. The van der Waals surface area contributed by atoms with E-state index in [1.807, 2.05) is 6.07 Å². The number of aliphatic hydroxyl groups excluding tert-OH is 1. The van der Waals surface area contributed by atoms with Crippen molar-refractivity contribution >= 4 is 17.5 Å². The van der Waals surface area contributed by atoms with E-state index in [9.17, 15) is 14.9 Å². The molecule has 0 atom stereocenters. The molecule has 0 saturated carbocycles. The SMILES string of the molecule is O=C(Oc1ccc([N+](=O)[O-])cc1)N(CCO)c1ccccc1. The highest BCUT2D eigenvalue weighted by atomic mass is 16.6. The Labute approximate surface area is 126 Å². The third-order valence-electron chi connectivity index (χ3n) is 2.86. The molecule has 1 amide bonds. The highest BCUT2D eigenvalue weighted by molar-refractivity contribution is 5.89. The van der Waals surface area contributed by atoms with Crippen molar-refractivity contribution < 1.29 is 19.6 Å². The van der Waals surface area contributed by atoms with Crippen LogP contribution in [0.25, 0.3) is 0 Å². The van der Waals surface area contributed by atoms with E-state index in [1.54, 1.807) is 24.3 Å². The van der Waals surface area contributed by atoms with Crippen molar-refractivity contribution in [3.05, 3.63) is 64.7 Å². The number of nitrogens with zero attached hydrogens (tertiary/aromatic N) is 2. The van der Waals surface area contributed by atoms with Crippen LogP contribution in [0.4, 0.5) is 16.2 Å². The number of hydrogen-bond acceptors (Lipinski definition) is 5. The maximum absolute atomic E-state index is 12.2. The number of carbonyl (C=O) groups excluding carboxylic acids is 1. The maximum atomic E-state index is 12.2. The fraction of sp³-hybridized carbons (Fsp3) is 0.133. The van der Waals surface area contributed by atoms with Gasteiger partial charge in [-0.1, -0.05) is 18.2 Å². The largest absolute Gasteiger partial charge is 0.419 e. The fourth-order valence-corrected chi connectivity index (χ4v) is 1.83. The van der Waals surface area contributed by atoms with Gasteiger partial charge >= 0.3 is 6.09 Å². The van der Waals surface area contributed by atoms with Gasteiger partial charge in [0.1, 0.15) is 5.75 Å². The molecule has 7 nitrogen and oxygen atoms in total. The van der Waals surface area contributed by atoms with E-state index in [-0.39, 0.29) is 24.6 Å². The van der Waals surface area contributed by atoms with Gasteiger partial charge in [-0.15, -0.1) is 0 Å². The topological polar surface area (TPSA) is 92.9 Å². The average Bonchev–Trinajstić information content (AvgIpc) is 2.53. The minimum Gasteiger partial charge on any atom is -0.410 e. The summed E-state index contributed by atoms with van der Waals surface area (Å²) >= 11 is 0. The van der Waals surface area contributed by atoms with Gasteiger partial charge in [-0.2, -0.15) is 0 Å². The molecule has 22 heavy (non-hydrogen) atoms. The van der Waals surface area contributed by atoms with Crippen molar-refractivity contribution in [2.75, 3.05) is 18.1 Å². The van der Waals surface area contributed by atoms with Crippen LogP contribution in [0, 0.1) is 10.1 Å². The minimum absolute atomic E-state index is 0.0792. The summed E-state index contributed by atoms with van der Waals surface area (Å²) in [5.41, 5.74) is 0.499. The summed E-state index contributed by atoms with van der Waals surface area (Å²) in [6, 6.07) is 14.0. The zero-order valence-electron chi connectivity index (χ0n) is 11.6. The van der Waals surface area contributed by atoms with Crippen molar-refractivity contribution in [2.45, 2.75) is 0 Å². The van der Waals surface area contributed by atoms with Crippen molar-refractivity contribution in [3.8, 4) is 5.75 Å². The normalized spacial score (nSPS) is 10.0. The lowest BCUT2D eigenvalue weighted by Gasteiger charge is -2.21. The molecule has 2 aromatic rings. The molecule has 2 rings (SSSR count). The fourth-order valence-electron chi connectivity index (χ4n) is 1.83. The Morgan fingerprint density at radius 2 is 1.77 bits per heavy atom. The second-order valence-corrected chi connectivity index (χ2v) is 4.33. The molecule has 0 aliphatic carbocycles. The second kappa shape index (κ2) is 7.19. The molecule has 7 heteroatoms. The molecule has 1 N–H and O–H groups in total. The third kappa shape index (κ3) is 3.80. The third-order valence-corrected chi connectivity index (χ3v) is 2.86. The number of ether oxygens (including phenoxy) is 1. The standard InChI is InChI=1S/C15H14N2O5/c18-11-10-16(12-4-2-1-3-5-12)15(19)22-14-8-6-13(7-9-14)17(20)21/h1-9,18H,10-11H2. The predicted octanol–water partition coefficient (Wildman–Crippen LogP) is 2.59. The van der Waals surface area contributed by atoms with Crippen LogP contribution in [-0.4, -0.2) is 29.3 Å². The van der Waals surface area contributed by atoms with E-state index in [0.29, 0.717) is 5.69 Å². The first-order chi connectivity index (χ1) is 10.6. The minimum atomic E-state index is -0.672. The van der Waals surface area contributed by atoms with Gasteiger partial charge < -0.3 is 9.84 Å². The van der Waals surface area contributed by atoms with Gasteiger partial charge in [0.15, 0.2) is 0 Å². The number of hydrogen-bond donors (Lipinski definition) is 1. The van der Waals surface area contributed by atoms with E-state index in [1.165, 1.54) is 29.2 Å². The molecule has 0 heterocycles. The van der Waals surface area contributed by atoms with Gasteiger partial charge in [-0.25, -0.2) is 4.79 Å². The Balaban J connectivity index is 2.12. The first-order valence-corrected chi connectivity index (χ1v) is 6.51. The van der Waals surface area contributed by atoms with Crippen LogP contribution in [0.15, 0.2) is 54.6 Å². The number of nitro benzene ring substituents is 1. The van der Waals surface area contributed by atoms with Crippen LogP contribution in [0.2, 0.25) is 0 Å². The van der Waals surface area contributed by atoms with Gasteiger partial charge in [0.05, 0.1) is 18.1 Å². The van der Waals surface area contributed by atoms with E-state index >= 15 is 0 Å². The van der Waals surface area contributed by atoms with E-state index in [2.05, 4.69) is 0 Å². The molecule has 0 bridgehead atoms. The molecule has 0 radical (unpaired) electrons. The molecule has 0 unspecified atom stereocenters. The lowest BCUT2D eigenvalue weighted by atomic mass is 10.3. The summed E-state index contributed by atoms with van der Waals surface area (Å²) < 4.78 is 5.17. The summed E-state index contributed by atoms with van der Waals surface area (Å²) in [5.74, 6) is 0.189. The molecule has 0 aliphatic heterocycles. The molecule has 0 spiro atoms. The number of anilines is 1. The van der Waals surface area contributed by atoms with Gasteiger partial charge in [0.2, 0.25) is 0 Å². The maximum Gasteiger partial charge on any atom is 0.419 e. The highest BCUT2D eigenvalue weighted by Gasteiger charge is 2.17. The van der Waals surface area contributed by atoms with Crippen LogP contribution in [0.5, 0.6) is 5.75 Å². The van der Waals surface area contributed by atoms with Gasteiger partial charge in [-0.05, 0) is 24.3 Å². The summed E-state index contributed by atoms with van der Waals surface area (Å²) in [5, 5.41) is 19.7. The highest BCUT2D eigenvalue weighted by Crippen LogP contribution is 2.20. The molecule has 0 saturated heterocycles. The summed E-state index contributed by atoms with van der Waals surface area (Å²) in [6.45, 7) is -0.139. The Hall–Kier alpha value is -2.93. The predicted molar refractivity (Wildman–Crippen MR) is 80.0 cm³/mol. The Morgan fingerprint density at radius 1 is 1.14 bits per heavy atom. The number of amides is 1. The van der Waals surface area contributed by atoms with Crippen molar-refractivity contribution in [2.24, 2.45) is 0 Å². The van der Waals surface area contributed by atoms with Crippen LogP contribution < -0.4 is 9.64 Å². The zero-order chi connectivity index (χ0) is 15.9. The average molecular weight is 302 g/mol. The number of para-hydroxylation sites is 1. The first-order valence-electron chi connectivity index (χ1n) is 6.51.